The molecule has 2 unspecified atom stereocenters. The maximum atomic E-state index is 13.3. The van der Waals surface area contributed by atoms with Gasteiger partial charge in [0.25, 0.3) is 0 Å². The summed E-state index contributed by atoms with van der Waals surface area (Å²) >= 11 is 0. The topological polar surface area (TPSA) is 53.2 Å². The lowest BCUT2D eigenvalue weighted by molar-refractivity contribution is 0.193. The average Bonchev–Trinajstić information content (AvgIpc) is 2.22. The summed E-state index contributed by atoms with van der Waals surface area (Å²) in [6.45, 7) is 3.81. The zero-order valence-electron chi connectivity index (χ0n) is 9.18. The Labute approximate surface area is 90.0 Å². The Bertz CT molecular complexity index is 201. The molecule has 1 heterocycles. The number of amides is 2. The standard InChI is InChI=1S/C10H20FN3O/c1-2-3-5-13-10(15)14-9-4-6-12-7-8(9)11/h8-9,12H,2-7H2,1H3,(H2,13,14,15). The van der Waals surface area contributed by atoms with Crippen molar-refractivity contribution in [2.45, 2.75) is 38.4 Å². The van der Waals surface area contributed by atoms with E-state index in [9.17, 15) is 9.18 Å². The van der Waals surface area contributed by atoms with Crippen LogP contribution in [0.3, 0.4) is 0 Å². The number of hydrogen-bond donors (Lipinski definition) is 3. The van der Waals surface area contributed by atoms with Gasteiger partial charge in [-0.05, 0) is 19.4 Å². The van der Waals surface area contributed by atoms with Crippen LogP contribution in [0, 0.1) is 0 Å². The van der Waals surface area contributed by atoms with Crippen LogP contribution in [-0.2, 0) is 0 Å². The van der Waals surface area contributed by atoms with Crippen molar-refractivity contribution in [1.29, 1.82) is 0 Å². The number of urea groups is 1. The van der Waals surface area contributed by atoms with E-state index < -0.39 is 6.17 Å². The van der Waals surface area contributed by atoms with Crippen LogP contribution in [0.25, 0.3) is 0 Å². The van der Waals surface area contributed by atoms with Crippen LogP contribution in [0.1, 0.15) is 26.2 Å². The first-order valence-corrected chi connectivity index (χ1v) is 5.63. The number of hydrogen-bond acceptors (Lipinski definition) is 2. The third-order valence-corrected chi connectivity index (χ3v) is 2.54. The van der Waals surface area contributed by atoms with Crippen molar-refractivity contribution in [2.24, 2.45) is 0 Å². The summed E-state index contributed by atoms with van der Waals surface area (Å²) in [6, 6.07) is -0.592. The maximum Gasteiger partial charge on any atom is 0.315 e. The second-order valence-electron chi connectivity index (χ2n) is 3.87. The molecule has 1 aliphatic rings. The minimum atomic E-state index is -0.976. The summed E-state index contributed by atoms with van der Waals surface area (Å²) in [7, 11) is 0. The van der Waals surface area contributed by atoms with Crippen molar-refractivity contribution in [3.05, 3.63) is 0 Å². The molecular weight excluding hydrogens is 197 g/mol. The van der Waals surface area contributed by atoms with E-state index >= 15 is 0 Å². The summed E-state index contributed by atoms with van der Waals surface area (Å²) in [5, 5.41) is 8.32. The van der Waals surface area contributed by atoms with Gasteiger partial charge in [-0.15, -0.1) is 0 Å². The Morgan fingerprint density at radius 3 is 3.07 bits per heavy atom. The fourth-order valence-corrected chi connectivity index (χ4v) is 1.58. The second kappa shape index (κ2) is 6.61. The van der Waals surface area contributed by atoms with E-state index in [4.69, 9.17) is 0 Å². The minimum absolute atomic E-state index is 0.252. The predicted octanol–water partition coefficient (Wildman–Crippen LogP) is 0.786. The second-order valence-corrected chi connectivity index (χ2v) is 3.87. The summed E-state index contributed by atoms with van der Waals surface area (Å²) < 4.78 is 13.3. The lowest BCUT2D eigenvalue weighted by Crippen LogP contribution is -2.53. The van der Waals surface area contributed by atoms with Gasteiger partial charge in [0.1, 0.15) is 6.17 Å². The molecule has 1 saturated heterocycles. The number of piperidine rings is 1. The van der Waals surface area contributed by atoms with Gasteiger partial charge in [0.15, 0.2) is 0 Å². The molecule has 0 aromatic rings. The fourth-order valence-electron chi connectivity index (χ4n) is 1.58. The molecule has 1 rings (SSSR count). The molecule has 0 aliphatic carbocycles. The van der Waals surface area contributed by atoms with E-state index in [2.05, 4.69) is 22.9 Å². The molecule has 0 spiro atoms. The van der Waals surface area contributed by atoms with Crippen LogP contribution < -0.4 is 16.0 Å². The largest absolute Gasteiger partial charge is 0.338 e. The van der Waals surface area contributed by atoms with Crippen molar-refractivity contribution < 1.29 is 9.18 Å². The molecule has 88 valence electrons. The number of alkyl halides is 1. The van der Waals surface area contributed by atoms with Gasteiger partial charge < -0.3 is 16.0 Å². The number of unbranched alkanes of at least 4 members (excludes halogenated alkanes) is 1. The molecule has 0 bridgehead atoms. The van der Waals surface area contributed by atoms with Crippen LogP contribution in [-0.4, -0.2) is 37.9 Å². The number of carbonyl (C=O) groups excluding carboxylic acids is 1. The quantitative estimate of drug-likeness (QED) is 0.610. The maximum absolute atomic E-state index is 13.3. The molecule has 5 heteroatoms. The summed E-state index contributed by atoms with van der Waals surface area (Å²) in [4.78, 5) is 11.3. The highest BCUT2D eigenvalue weighted by atomic mass is 19.1. The number of rotatable bonds is 4. The molecule has 1 aliphatic heterocycles. The van der Waals surface area contributed by atoms with Gasteiger partial charge in [0, 0.05) is 13.1 Å². The van der Waals surface area contributed by atoms with Crippen LogP contribution in [0.15, 0.2) is 0 Å². The van der Waals surface area contributed by atoms with Crippen LogP contribution in [0.2, 0.25) is 0 Å². The van der Waals surface area contributed by atoms with E-state index in [0.717, 1.165) is 19.4 Å². The highest BCUT2D eigenvalue weighted by Crippen LogP contribution is 2.06. The Morgan fingerprint density at radius 1 is 1.60 bits per heavy atom. The van der Waals surface area contributed by atoms with Crippen LogP contribution >= 0.6 is 0 Å². The van der Waals surface area contributed by atoms with E-state index in [-0.39, 0.29) is 12.1 Å². The van der Waals surface area contributed by atoms with Crippen molar-refractivity contribution >= 4 is 6.03 Å². The zero-order valence-corrected chi connectivity index (χ0v) is 9.18. The molecule has 0 aromatic carbocycles. The first kappa shape index (κ1) is 12.2. The smallest absolute Gasteiger partial charge is 0.315 e. The molecule has 4 nitrogen and oxygen atoms in total. The molecule has 2 atom stereocenters. The molecule has 15 heavy (non-hydrogen) atoms. The van der Waals surface area contributed by atoms with Gasteiger partial charge in [-0.1, -0.05) is 13.3 Å². The van der Waals surface area contributed by atoms with Crippen LogP contribution in [0.4, 0.5) is 9.18 Å². The van der Waals surface area contributed by atoms with Crippen molar-refractivity contribution in [3.63, 3.8) is 0 Å². The molecule has 1 fully saturated rings. The molecular formula is C10H20FN3O. The Hall–Kier alpha value is -0.840. The molecule has 0 saturated carbocycles. The third kappa shape index (κ3) is 4.46. The van der Waals surface area contributed by atoms with Crippen molar-refractivity contribution in [1.82, 2.24) is 16.0 Å². The number of halogens is 1. The van der Waals surface area contributed by atoms with Gasteiger partial charge >= 0.3 is 6.03 Å². The van der Waals surface area contributed by atoms with Gasteiger partial charge in [0.2, 0.25) is 0 Å². The number of nitrogens with one attached hydrogen (secondary N) is 3. The summed E-state index contributed by atoms with van der Waals surface area (Å²) in [5.41, 5.74) is 0. The highest BCUT2D eigenvalue weighted by molar-refractivity contribution is 5.74. The Kier molecular flexibility index (Phi) is 5.39. The van der Waals surface area contributed by atoms with E-state index in [1.54, 1.807) is 0 Å². The SMILES string of the molecule is CCCCNC(=O)NC1CCNCC1F. The first-order valence-electron chi connectivity index (χ1n) is 5.63. The first-order chi connectivity index (χ1) is 7.24. The summed E-state index contributed by atoms with van der Waals surface area (Å²) in [6.07, 6.45) is 1.68. The molecule has 2 amide bonds. The average molecular weight is 217 g/mol. The van der Waals surface area contributed by atoms with Gasteiger partial charge in [0.05, 0.1) is 6.04 Å². The molecule has 0 radical (unpaired) electrons. The Morgan fingerprint density at radius 2 is 2.40 bits per heavy atom. The lowest BCUT2D eigenvalue weighted by atomic mass is 10.1. The van der Waals surface area contributed by atoms with Crippen molar-refractivity contribution in [2.75, 3.05) is 19.6 Å². The van der Waals surface area contributed by atoms with Crippen molar-refractivity contribution in [3.8, 4) is 0 Å². The van der Waals surface area contributed by atoms with Gasteiger partial charge in [-0.25, -0.2) is 9.18 Å². The fraction of sp³-hybridized carbons (Fsp3) is 0.900. The normalized spacial score (nSPS) is 26.0. The molecule has 0 aromatic heterocycles. The lowest BCUT2D eigenvalue weighted by Gasteiger charge is -2.27. The Balaban J connectivity index is 2.18. The van der Waals surface area contributed by atoms with E-state index in [0.29, 0.717) is 19.5 Å². The van der Waals surface area contributed by atoms with E-state index in [1.807, 2.05) is 0 Å². The third-order valence-electron chi connectivity index (χ3n) is 2.54. The van der Waals surface area contributed by atoms with Gasteiger partial charge in [-0.2, -0.15) is 0 Å². The highest BCUT2D eigenvalue weighted by Gasteiger charge is 2.25. The zero-order chi connectivity index (χ0) is 11.1. The van der Waals surface area contributed by atoms with Gasteiger partial charge in [-0.3, -0.25) is 0 Å². The summed E-state index contributed by atoms with van der Waals surface area (Å²) in [5.74, 6) is 0. The van der Waals surface area contributed by atoms with E-state index in [1.165, 1.54) is 0 Å². The monoisotopic (exact) mass is 217 g/mol. The minimum Gasteiger partial charge on any atom is -0.338 e. The predicted molar refractivity (Wildman–Crippen MR) is 57.6 cm³/mol. The van der Waals surface area contributed by atoms with Crippen LogP contribution in [0.5, 0.6) is 0 Å². The number of carbonyl (C=O) groups is 1. The molecule has 3 N–H and O–H groups in total.